The van der Waals surface area contributed by atoms with E-state index in [-0.39, 0.29) is 12.2 Å². The number of carbonyl (C=O) groups is 1. The lowest BCUT2D eigenvalue weighted by molar-refractivity contribution is 0.100. The van der Waals surface area contributed by atoms with Crippen molar-refractivity contribution in [3.05, 3.63) is 27.7 Å². The molecule has 0 amide bonds. The summed E-state index contributed by atoms with van der Waals surface area (Å²) in [6.45, 7) is 0.313. The van der Waals surface area contributed by atoms with Crippen molar-refractivity contribution in [2.45, 2.75) is 6.42 Å². The van der Waals surface area contributed by atoms with Crippen molar-refractivity contribution in [2.24, 2.45) is 4.99 Å². The Bertz CT molecular complexity index is 483. The predicted molar refractivity (Wildman–Crippen MR) is 64.3 cm³/mol. The molecule has 0 saturated heterocycles. The fourth-order valence-electron chi connectivity index (χ4n) is 1.50. The third-order valence-electron chi connectivity index (χ3n) is 2.40. The molecule has 0 bridgehead atoms. The SMILES string of the molecule is CN=C1COc2cc(Cl)c(Cl)cc2C(=O)C1. The first-order valence-electron chi connectivity index (χ1n) is 4.71. The highest BCUT2D eigenvalue weighted by Gasteiger charge is 2.21. The van der Waals surface area contributed by atoms with E-state index in [4.69, 9.17) is 27.9 Å². The Morgan fingerprint density at radius 2 is 2.00 bits per heavy atom. The fraction of sp³-hybridized carbons (Fsp3) is 0.273. The third-order valence-corrected chi connectivity index (χ3v) is 3.12. The molecule has 0 radical (unpaired) electrons. The Labute approximate surface area is 103 Å². The summed E-state index contributed by atoms with van der Waals surface area (Å²) in [6.07, 6.45) is 0.265. The largest absolute Gasteiger partial charge is 0.487 e. The van der Waals surface area contributed by atoms with Crippen molar-refractivity contribution in [3.8, 4) is 5.75 Å². The molecule has 0 aliphatic carbocycles. The molecular weight excluding hydrogens is 249 g/mol. The number of ether oxygens (including phenoxy) is 1. The van der Waals surface area contributed by atoms with E-state index in [1.807, 2.05) is 0 Å². The Hall–Kier alpha value is -1.06. The molecule has 1 aromatic carbocycles. The second-order valence-corrected chi connectivity index (χ2v) is 4.26. The van der Waals surface area contributed by atoms with Gasteiger partial charge in [0.05, 0.1) is 27.7 Å². The number of halogens is 2. The van der Waals surface area contributed by atoms with Crippen LogP contribution in [0.2, 0.25) is 10.0 Å². The molecule has 16 heavy (non-hydrogen) atoms. The van der Waals surface area contributed by atoms with Crippen molar-refractivity contribution in [1.82, 2.24) is 0 Å². The van der Waals surface area contributed by atoms with Crippen LogP contribution in [-0.4, -0.2) is 25.1 Å². The lowest BCUT2D eigenvalue weighted by Gasteiger charge is -2.07. The molecular formula is C11H9Cl2NO2. The van der Waals surface area contributed by atoms with E-state index in [1.54, 1.807) is 19.2 Å². The number of nitrogens with zero attached hydrogens (tertiary/aromatic N) is 1. The summed E-state index contributed by atoms with van der Waals surface area (Å²) in [4.78, 5) is 15.9. The highest BCUT2D eigenvalue weighted by atomic mass is 35.5. The number of aliphatic imine (C=N–C) groups is 1. The molecule has 0 unspecified atom stereocenters. The van der Waals surface area contributed by atoms with Gasteiger partial charge in [0, 0.05) is 13.1 Å². The van der Waals surface area contributed by atoms with Gasteiger partial charge in [0.15, 0.2) is 5.78 Å². The average molecular weight is 258 g/mol. The van der Waals surface area contributed by atoms with Gasteiger partial charge in [-0.3, -0.25) is 9.79 Å². The normalized spacial score (nSPS) is 17.9. The summed E-state index contributed by atoms with van der Waals surface area (Å²) in [7, 11) is 1.64. The standard InChI is InChI=1S/C11H9Cl2NO2/c1-14-6-2-10(15)7-3-8(12)9(13)4-11(7)16-5-6/h3-4H,2,5H2,1H3. The van der Waals surface area contributed by atoms with Crippen molar-refractivity contribution < 1.29 is 9.53 Å². The second-order valence-electron chi connectivity index (χ2n) is 3.44. The Kier molecular flexibility index (Phi) is 3.17. The molecule has 5 heteroatoms. The maximum Gasteiger partial charge on any atom is 0.172 e. The first kappa shape index (κ1) is 11.4. The minimum absolute atomic E-state index is 0.0494. The summed E-state index contributed by atoms with van der Waals surface area (Å²) in [5.74, 6) is 0.421. The molecule has 0 fully saturated rings. The molecule has 1 aromatic rings. The van der Waals surface area contributed by atoms with Crippen LogP contribution >= 0.6 is 23.2 Å². The Balaban J connectivity index is 2.49. The lowest BCUT2D eigenvalue weighted by atomic mass is 10.1. The van der Waals surface area contributed by atoms with Gasteiger partial charge < -0.3 is 4.74 Å². The predicted octanol–water partition coefficient (Wildman–Crippen LogP) is 3.03. The van der Waals surface area contributed by atoms with Crippen LogP contribution in [0.5, 0.6) is 5.75 Å². The zero-order valence-corrected chi connectivity index (χ0v) is 10.1. The number of fused-ring (bicyclic) bond motifs is 1. The van der Waals surface area contributed by atoms with Crippen molar-refractivity contribution in [3.63, 3.8) is 0 Å². The number of hydrogen-bond donors (Lipinski definition) is 0. The Morgan fingerprint density at radius 1 is 1.31 bits per heavy atom. The highest BCUT2D eigenvalue weighted by Crippen LogP contribution is 2.32. The van der Waals surface area contributed by atoms with Crippen LogP contribution < -0.4 is 4.74 Å². The van der Waals surface area contributed by atoms with Crippen LogP contribution in [0.15, 0.2) is 17.1 Å². The summed E-state index contributed by atoms with van der Waals surface area (Å²) in [5.41, 5.74) is 1.18. The van der Waals surface area contributed by atoms with Crippen LogP contribution in [-0.2, 0) is 0 Å². The average Bonchev–Trinajstić information content (AvgIpc) is 2.41. The number of hydrogen-bond acceptors (Lipinski definition) is 3. The molecule has 84 valence electrons. The van der Waals surface area contributed by atoms with Gasteiger partial charge in [-0.05, 0) is 6.07 Å². The number of carbonyl (C=O) groups excluding carboxylic acids is 1. The van der Waals surface area contributed by atoms with Gasteiger partial charge in [-0.25, -0.2) is 0 Å². The van der Waals surface area contributed by atoms with E-state index in [1.165, 1.54) is 0 Å². The van der Waals surface area contributed by atoms with Crippen LogP contribution in [0.4, 0.5) is 0 Å². The molecule has 1 aliphatic heterocycles. The van der Waals surface area contributed by atoms with E-state index in [9.17, 15) is 4.79 Å². The molecule has 2 rings (SSSR count). The maximum absolute atomic E-state index is 11.9. The molecule has 1 aliphatic rings. The first-order valence-corrected chi connectivity index (χ1v) is 5.47. The molecule has 0 atom stereocenters. The fourth-order valence-corrected chi connectivity index (χ4v) is 1.82. The van der Waals surface area contributed by atoms with Crippen LogP contribution in [0, 0.1) is 0 Å². The number of rotatable bonds is 0. The number of Topliss-reactive ketones (excluding diaryl/α,β-unsaturated/α-hetero) is 1. The summed E-state index contributed by atoms with van der Waals surface area (Å²) >= 11 is 11.7. The first-order chi connectivity index (χ1) is 7.61. The van der Waals surface area contributed by atoms with Crippen molar-refractivity contribution in [1.29, 1.82) is 0 Å². The van der Waals surface area contributed by atoms with E-state index >= 15 is 0 Å². The Morgan fingerprint density at radius 3 is 2.69 bits per heavy atom. The highest BCUT2D eigenvalue weighted by molar-refractivity contribution is 6.42. The van der Waals surface area contributed by atoms with Gasteiger partial charge in [-0.15, -0.1) is 0 Å². The molecule has 0 saturated carbocycles. The zero-order valence-electron chi connectivity index (χ0n) is 8.59. The van der Waals surface area contributed by atoms with E-state index in [0.717, 1.165) is 0 Å². The molecule has 0 spiro atoms. The summed E-state index contributed by atoms with van der Waals surface area (Å²) in [6, 6.07) is 3.11. The van der Waals surface area contributed by atoms with Gasteiger partial charge >= 0.3 is 0 Å². The number of ketones is 1. The minimum atomic E-state index is -0.0494. The van der Waals surface area contributed by atoms with E-state index in [0.29, 0.717) is 33.7 Å². The van der Waals surface area contributed by atoms with Crippen molar-refractivity contribution in [2.75, 3.05) is 13.7 Å². The lowest BCUT2D eigenvalue weighted by Crippen LogP contribution is -2.11. The maximum atomic E-state index is 11.9. The van der Waals surface area contributed by atoms with E-state index < -0.39 is 0 Å². The third kappa shape index (κ3) is 2.06. The van der Waals surface area contributed by atoms with Gasteiger partial charge in [-0.1, -0.05) is 23.2 Å². The molecule has 1 heterocycles. The van der Waals surface area contributed by atoms with Crippen molar-refractivity contribution >= 4 is 34.7 Å². The molecule has 0 aromatic heterocycles. The summed E-state index contributed by atoms with van der Waals surface area (Å²) < 4.78 is 5.46. The van der Waals surface area contributed by atoms with Gasteiger partial charge in [-0.2, -0.15) is 0 Å². The van der Waals surface area contributed by atoms with E-state index in [2.05, 4.69) is 4.99 Å². The van der Waals surface area contributed by atoms with Crippen LogP contribution in [0.25, 0.3) is 0 Å². The zero-order chi connectivity index (χ0) is 11.7. The van der Waals surface area contributed by atoms with Crippen LogP contribution in [0.3, 0.4) is 0 Å². The van der Waals surface area contributed by atoms with Crippen LogP contribution in [0.1, 0.15) is 16.8 Å². The monoisotopic (exact) mass is 257 g/mol. The quantitative estimate of drug-likeness (QED) is 0.717. The smallest absolute Gasteiger partial charge is 0.172 e. The minimum Gasteiger partial charge on any atom is -0.487 e. The molecule has 3 nitrogen and oxygen atoms in total. The second kappa shape index (κ2) is 4.44. The summed E-state index contributed by atoms with van der Waals surface area (Å²) in [5, 5.41) is 0.736. The topological polar surface area (TPSA) is 38.7 Å². The molecule has 0 N–H and O–H groups in total. The van der Waals surface area contributed by atoms with Gasteiger partial charge in [0.25, 0.3) is 0 Å². The van der Waals surface area contributed by atoms with Gasteiger partial charge in [0.2, 0.25) is 0 Å². The van der Waals surface area contributed by atoms with Gasteiger partial charge in [0.1, 0.15) is 12.4 Å². The number of benzene rings is 1.